The third-order valence-electron chi connectivity index (χ3n) is 3.61. The fourth-order valence-corrected chi connectivity index (χ4v) is 2.57. The molecule has 0 bridgehead atoms. The molecule has 1 saturated carbocycles. The molecule has 0 atom stereocenters. The second kappa shape index (κ2) is 5.78. The van der Waals surface area contributed by atoms with Crippen LogP contribution in [0, 0.1) is 5.82 Å². The summed E-state index contributed by atoms with van der Waals surface area (Å²) in [4.78, 5) is 15.5. The SMILES string of the molecule is CN(c1ccc(N=C=O)cc1F)C1CCCCC1. The summed E-state index contributed by atoms with van der Waals surface area (Å²) in [7, 11) is 1.93. The maximum Gasteiger partial charge on any atom is 0.240 e. The van der Waals surface area contributed by atoms with Gasteiger partial charge in [-0.3, -0.25) is 0 Å². The van der Waals surface area contributed by atoms with Crippen molar-refractivity contribution in [2.75, 3.05) is 11.9 Å². The Morgan fingerprint density at radius 1 is 1.33 bits per heavy atom. The first-order valence-corrected chi connectivity index (χ1v) is 6.32. The molecule has 96 valence electrons. The molecule has 0 N–H and O–H groups in total. The average Bonchev–Trinajstić information content (AvgIpc) is 2.40. The fourth-order valence-electron chi connectivity index (χ4n) is 2.57. The average molecular weight is 248 g/mol. The molecule has 3 nitrogen and oxygen atoms in total. The predicted octanol–water partition coefficient (Wildman–Crippen LogP) is 3.56. The molecular weight excluding hydrogens is 231 g/mol. The molecule has 1 aliphatic carbocycles. The maximum absolute atomic E-state index is 13.9. The first-order chi connectivity index (χ1) is 8.72. The van der Waals surface area contributed by atoms with Gasteiger partial charge in [0.05, 0.1) is 11.4 Å². The summed E-state index contributed by atoms with van der Waals surface area (Å²) >= 11 is 0. The van der Waals surface area contributed by atoms with Crippen LogP contribution in [0.25, 0.3) is 0 Å². The Morgan fingerprint density at radius 2 is 2.06 bits per heavy atom. The van der Waals surface area contributed by atoms with Gasteiger partial charge in [-0.2, -0.15) is 4.99 Å². The van der Waals surface area contributed by atoms with Gasteiger partial charge in [0, 0.05) is 19.2 Å². The standard InChI is InChI=1S/C14H17FN2O/c1-17(12-5-3-2-4-6-12)14-8-7-11(16-10-18)9-13(14)15/h7-9,12H,2-6H2,1H3. The number of rotatable bonds is 3. The minimum Gasteiger partial charge on any atom is -0.369 e. The number of halogens is 1. The molecule has 1 aromatic rings. The van der Waals surface area contributed by atoms with Crippen LogP contribution in [0.2, 0.25) is 0 Å². The lowest BCUT2D eigenvalue weighted by atomic mass is 9.94. The van der Waals surface area contributed by atoms with Gasteiger partial charge in [0.25, 0.3) is 0 Å². The second-order valence-electron chi connectivity index (χ2n) is 4.74. The van der Waals surface area contributed by atoms with Gasteiger partial charge in [-0.25, -0.2) is 9.18 Å². The number of isocyanates is 1. The first-order valence-electron chi connectivity index (χ1n) is 6.32. The van der Waals surface area contributed by atoms with Crippen molar-refractivity contribution in [2.45, 2.75) is 38.1 Å². The summed E-state index contributed by atoms with van der Waals surface area (Å²) in [6.45, 7) is 0. The van der Waals surface area contributed by atoms with Crippen LogP contribution in [-0.2, 0) is 4.79 Å². The van der Waals surface area contributed by atoms with Crippen molar-refractivity contribution in [1.29, 1.82) is 0 Å². The molecule has 2 rings (SSSR count). The predicted molar refractivity (Wildman–Crippen MR) is 69.5 cm³/mol. The van der Waals surface area contributed by atoms with Crippen molar-refractivity contribution >= 4 is 17.5 Å². The molecule has 0 heterocycles. The lowest BCUT2D eigenvalue weighted by molar-refractivity contribution is 0.424. The Kier molecular flexibility index (Phi) is 4.11. The van der Waals surface area contributed by atoms with Crippen LogP contribution >= 0.6 is 0 Å². The van der Waals surface area contributed by atoms with E-state index in [9.17, 15) is 9.18 Å². The normalized spacial score (nSPS) is 16.1. The molecule has 1 aliphatic rings. The summed E-state index contributed by atoms with van der Waals surface area (Å²) in [6, 6.07) is 5.01. The van der Waals surface area contributed by atoms with Gasteiger partial charge in [-0.05, 0) is 25.0 Å². The smallest absolute Gasteiger partial charge is 0.240 e. The van der Waals surface area contributed by atoms with Crippen molar-refractivity contribution in [3.8, 4) is 0 Å². The summed E-state index contributed by atoms with van der Waals surface area (Å²) in [5.74, 6) is -0.334. The Bertz CT molecular complexity index is 463. The highest BCUT2D eigenvalue weighted by Crippen LogP contribution is 2.29. The van der Waals surface area contributed by atoms with E-state index in [0.29, 0.717) is 17.4 Å². The number of hydrogen-bond acceptors (Lipinski definition) is 3. The lowest BCUT2D eigenvalue weighted by Gasteiger charge is -2.33. The molecule has 0 aromatic heterocycles. The van der Waals surface area contributed by atoms with Crippen molar-refractivity contribution < 1.29 is 9.18 Å². The van der Waals surface area contributed by atoms with E-state index >= 15 is 0 Å². The van der Waals surface area contributed by atoms with E-state index in [1.165, 1.54) is 31.4 Å². The molecule has 0 saturated heterocycles. The summed E-state index contributed by atoms with van der Waals surface area (Å²) in [5, 5.41) is 0. The zero-order valence-electron chi connectivity index (χ0n) is 10.5. The quantitative estimate of drug-likeness (QED) is 0.605. The van der Waals surface area contributed by atoms with E-state index in [1.807, 2.05) is 11.9 Å². The number of aliphatic imine (C=N–C) groups is 1. The van der Waals surface area contributed by atoms with Gasteiger partial charge in [0.2, 0.25) is 6.08 Å². The molecule has 1 aromatic carbocycles. The second-order valence-corrected chi connectivity index (χ2v) is 4.74. The van der Waals surface area contributed by atoms with E-state index in [1.54, 1.807) is 12.1 Å². The van der Waals surface area contributed by atoms with Crippen molar-refractivity contribution in [1.82, 2.24) is 0 Å². The van der Waals surface area contributed by atoms with E-state index in [2.05, 4.69) is 4.99 Å². The van der Waals surface area contributed by atoms with Crippen molar-refractivity contribution in [3.63, 3.8) is 0 Å². The highest BCUT2D eigenvalue weighted by Gasteiger charge is 2.20. The Morgan fingerprint density at radius 3 is 2.67 bits per heavy atom. The van der Waals surface area contributed by atoms with Crippen LogP contribution in [-0.4, -0.2) is 19.2 Å². The molecule has 4 heteroatoms. The van der Waals surface area contributed by atoms with Gasteiger partial charge in [-0.15, -0.1) is 0 Å². The van der Waals surface area contributed by atoms with Crippen LogP contribution in [0.4, 0.5) is 15.8 Å². The van der Waals surface area contributed by atoms with Gasteiger partial charge in [0.15, 0.2) is 0 Å². The van der Waals surface area contributed by atoms with Gasteiger partial charge in [0.1, 0.15) is 5.82 Å². The zero-order valence-corrected chi connectivity index (χ0v) is 10.5. The van der Waals surface area contributed by atoms with Gasteiger partial charge >= 0.3 is 0 Å². The lowest BCUT2D eigenvalue weighted by Crippen LogP contribution is -2.33. The van der Waals surface area contributed by atoms with Crippen molar-refractivity contribution in [3.05, 3.63) is 24.0 Å². The van der Waals surface area contributed by atoms with Gasteiger partial charge in [-0.1, -0.05) is 19.3 Å². The monoisotopic (exact) mass is 248 g/mol. The highest BCUT2D eigenvalue weighted by atomic mass is 19.1. The molecule has 0 amide bonds. The van der Waals surface area contributed by atoms with Crippen LogP contribution in [0.1, 0.15) is 32.1 Å². The fraction of sp³-hybridized carbons (Fsp3) is 0.500. The third-order valence-corrected chi connectivity index (χ3v) is 3.61. The number of carbonyl (C=O) groups excluding carboxylic acids is 1. The molecule has 1 fully saturated rings. The molecule has 0 aliphatic heterocycles. The zero-order chi connectivity index (χ0) is 13.0. The molecule has 0 radical (unpaired) electrons. The molecule has 0 unspecified atom stereocenters. The molecular formula is C14H17FN2O. The summed E-state index contributed by atoms with van der Waals surface area (Å²) < 4.78 is 13.9. The van der Waals surface area contributed by atoms with Crippen LogP contribution in [0.5, 0.6) is 0 Å². The number of hydrogen-bond donors (Lipinski definition) is 0. The topological polar surface area (TPSA) is 32.7 Å². The summed E-state index contributed by atoms with van der Waals surface area (Å²) in [6.07, 6.45) is 7.35. The van der Waals surface area contributed by atoms with E-state index in [4.69, 9.17) is 0 Å². The minimum atomic E-state index is -0.334. The van der Waals surface area contributed by atoms with E-state index in [-0.39, 0.29) is 5.82 Å². The Labute approximate surface area is 106 Å². The summed E-state index contributed by atoms with van der Waals surface area (Å²) in [5.41, 5.74) is 0.884. The Balaban J connectivity index is 2.19. The third kappa shape index (κ3) is 2.77. The van der Waals surface area contributed by atoms with Crippen LogP contribution in [0.15, 0.2) is 23.2 Å². The number of benzene rings is 1. The minimum absolute atomic E-state index is 0.309. The van der Waals surface area contributed by atoms with Crippen LogP contribution < -0.4 is 4.90 Å². The van der Waals surface area contributed by atoms with E-state index < -0.39 is 0 Å². The van der Waals surface area contributed by atoms with Crippen molar-refractivity contribution in [2.24, 2.45) is 4.99 Å². The highest BCUT2D eigenvalue weighted by molar-refractivity contribution is 5.57. The number of anilines is 1. The molecule has 0 spiro atoms. The largest absolute Gasteiger partial charge is 0.369 e. The molecule has 18 heavy (non-hydrogen) atoms. The van der Waals surface area contributed by atoms with Gasteiger partial charge < -0.3 is 4.90 Å². The maximum atomic E-state index is 13.9. The van der Waals surface area contributed by atoms with E-state index in [0.717, 1.165) is 12.8 Å². The Hall–Kier alpha value is -1.67. The van der Waals surface area contributed by atoms with Crippen LogP contribution in [0.3, 0.4) is 0 Å². The first kappa shape index (κ1) is 12.8. The number of nitrogens with zero attached hydrogens (tertiary/aromatic N) is 2.